The first-order valence-corrected chi connectivity index (χ1v) is 6.04. The zero-order chi connectivity index (χ0) is 14.7. The molecular weight excluding hydrogens is 264 g/mol. The van der Waals surface area contributed by atoms with Crippen molar-refractivity contribution < 1.29 is 24.2 Å². The first kappa shape index (κ1) is 14.0. The van der Waals surface area contributed by atoms with E-state index >= 15 is 0 Å². The fourth-order valence-electron chi connectivity index (χ4n) is 1.77. The van der Waals surface area contributed by atoms with E-state index in [4.69, 9.17) is 9.52 Å². The minimum atomic E-state index is -0.671. The predicted molar refractivity (Wildman–Crippen MR) is 69.6 cm³/mol. The van der Waals surface area contributed by atoms with Gasteiger partial charge in [-0.2, -0.15) is 0 Å². The molecule has 20 heavy (non-hydrogen) atoms. The average Bonchev–Trinajstić information content (AvgIpc) is 2.87. The molecule has 1 atom stereocenters. The molecule has 2 aromatic rings. The molecule has 7 heteroatoms. The molecule has 0 aliphatic heterocycles. The van der Waals surface area contributed by atoms with Gasteiger partial charge in [0, 0.05) is 6.54 Å². The van der Waals surface area contributed by atoms with Crippen molar-refractivity contribution in [2.24, 2.45) is 0 Å². The molecule has 0 radical (unpaired) electrons. The molecule has 0 fully saturated rings. The normalized spacial score (nSPS) is 12.3. The monoisotopic (exact) mass is 278 g/mol. The lowest BCUT2D eigenvalue weighted by molar-refractivity contribution is -0.122. The lowest BCUT2D eigenvalue weighted by Gasteiger charge is -2.07. The van der Waals surface area contributed by atoms with Crippen LogP contribution in [-0.2, 0) is 4.79 Å². The van der Waals surface area contributed by atoms with Gasteiger partial charge in [0.05, 0.1) is 12.2 Å². The Morgan fingerprint density at radius 1 is 1.55 bits per heavy atom. The molecule has 0 saturated heterocycles. The minimum absolute atomic E-state index is 0.0282. The number of hydrogen-bond donors (Lipinski definition) is 3. The maximum Gasteiger partial charge on any atom is 0.232 e. The van der Waals surface area contributed by atoms with E-state index in [9.17, 15) is 14.7 Å². The maximum absolute atomic E-state index is 11.8. The van der Waals surface area contributed by atoms with Gasteiger partial charge in [-0.1, -0.05) is 0 Å². The first-order chi connectivity index (χ1) is 9.58. The van der Waals surface area contributed by atoms with Gasteiger partial charge >= 0.3 is 0 Å². The van der Waals surface area contributed by atoms with E-state index < -0.39 is 5.92 Å². The quantitative estimate of drug-likeness (QED) is 0.689. The Morgan fingerprint density at radius 3 is 2.95 bits per heavy atom. The van der Waals surface area contributed by atoms with Gasteiger partial charge in [-0.3, -0.25) is 9.59 Å². The van der Waals surface area contributed by atoms with Crippen molar-refractivity contribution in [3.63, 3.8) is 0 Å². The number of benzene rings is 1. The summed E-state index contributed by atoms with van der Waals surface area (Å²) in [6.07, 6.45) is 0.487. The molecule has 1 aromatic heterocycles. The van der Waals surface area contributed by atoms with Crippen LogP contribution in [0.3, 0.4) is 0 Å². The number of aromatic nitrogens is 1. The SMILES string of the molecule is CC(C(=O)NCCO)c1nc2c(C=O)c(O)ccc2o1. The van der Waals surface area contributed by atoms with E-state index in [0.717, 1.165) is 0 Å². The van der Waals surface area contributed by atoms with Crippen LogP contribution < -0.4 is 5.32 Å². The van der Waals surface area contributed by atoms with Crippen LogP contribution in [0.1, 0.15) is 29.1 Å². The number of aliphatic hydroxyl groups excluding tert-OH is 1. The van der Waals surface area contributed by atoms with Gasteiger partial charge in [0.15, 0.2) is 11.9 Å². The highest BCUT2D eigenvalue weighted by molar-refractivity contribution is 5.96. The Kier molecular flexibility index (Phi) is 3.99. The van der Waals surface area contributed by atoms with Crippen molar-refractivity contribution in [2.75, 3.05) is 13.2 Å². The van der Waals surface area contributed by atoms with E-state index in [1.807, 2.05) is 0 Å². The summed E-state index contributed by atoms with van der Waals surface area (Å²) in [6.45, 7) is 1.58. The predicted octanol–water partition coefficient (Wildman–Crippen LogP) is 0.558. The number of hydrogen-bond acceptors (Lipinski definition) is 6. The standard InChI is InChI=1S/C13H14N2O5/c1-7(12(19)14-4-5-16)13-15-11-8(6-17)9(18)2-3-10(11)20-13/h2-3,6-7,16,18H,4-5H2,1H3,(H,14,19). The number of phenolic OH excluding ortho intramolecular Hbond substituents is 1. The number of aromatic hydroxyl groups is 1. The molecule has 3 N–H and O–H groups in total. The number of nitrogens with zero attached hydrogens (tertiary/aromatic N) is 1. The molecule has 1 unspecified atom stereocenters. The number of phenols is 1. The molecule has 1 amide bonds. The number of amides is 1. The smallest absolute Gasteiger partial charge is 0.232 e. The Balaban J connectivity index is 2.36. The van der Waals surface area contributed by atoms with Gasteiger partial charge in [0.2, 0.25) is 11.8 Å². The van der Waals surface area contributed by atoms with Crippen LogP contribution in [0, 0.1) is 0 Å². The van der Waals surface area contributed by atoms with E-state index in [0.29, 0.717) is 11.9 Å². The summed E-state index contributed by atoms with van der Waals surface area (Å²) in [7, 11) is 0. The summed E-state index contributed by atoms with van der Waals surface area (Å²) >= 11 is 0. The summed E-state index contributed by atoms with van der Waals surface area (Å²) in [6, 6.07) is 2.81. The highest BCUT2D eigenvalue weighted by Crippen LogP contribution is 2.28. The van der Waals surface area contributed by atoms with E-state index in [-0.39, 0.29) is 41.8 Å². The zero-order valence-electron chi connectivity index (χ0n) is 10.8. The largest absolute Gasteiger partial charge is 0.507 e. The molecule has 0 bridgehead atoms. The first-order valence-electron chi connectivity index (χ1n) is 6.04. The highest BCUT2D eigenvalue weighted by atomic mass is 16.3. The van der Waals surface area contributed by atoms with Crippen LogP contribution in [0.15, 0.2) is 16.5 Å². The second-order valence-corrected chi connectivity index (χ2v) is 4.25. The molecular formula is C13H14N2O5. The van der Waals surface area contributed by atoms with Crippen LogP contribution in [-0.4, -0.2) is 40.5 Å². The second kappa shape index (κ2) is 5.70. The summed E-state index contributed by atoms with van der Waals surface area (Å²) in [5.41, 5.74) is 0.569. The number of nitrogens with one attached hydrogen (secondary N) is 1. The second-order valence-electron chi connectivity index (χ2n) is 4.25. The van der Waals surface area contributed by atoms with Crippen molar-refractivity contribution in [1.29, 1.82) is 0 Å². The molecule has 1 heterocycles. The molecule has 0 aliphatic rings. The van der Waals surface area contributed by atoms with Crippen molar-refractivity contribution in [3.05, 3.63) is 23.6 Å². The minimum Gasteiger partial charge on any atom is -0.507 e. The lowest BCUT2D eigenvalue weighted by Crippen LogP contribution is -2.30. The summed E-state index contributed by atoms with van der Waals surface area (Å²) in [5, 5.41) is 20.7. The third-order valence-corrected chi connectivity index (χ3v) is 2.89. The van der Waals surface area contributed by atoms with E-state index in [2.05, 4.69) is 10.3 Å². The molecule has 7 nitrogen and oxygen atoms in total. The molecule has 106 valence electrons. The molecule has 0 spiro atoms. The Hall–Kier alpha value is -2.41. The molecule has 0 aliphatic carbocycles. The van der Waals surface area contributed by atoms with Gasteiger partial charge in [-0.15, -0.1) is 0 Å². The molecule has 0 saturated carbocycles. The van der Waals surface area contributed by atoms with Crippen LogP contribution in [0.4, 0.5) is 0 Å². The van der Waals surface area contributed by atoms with Gasteiger partial charge in [0.25, 0.3) is 0 Å². The number of aldehydes is 1. The third-order valence-electron chi connectivity index (χ3n) is 2.89. The third kappa shape index (κ3) is 2.48. The van der Waals surface area contributed by atoms with Crippen LogP contribution in [0.2, 0.25) is 0 Å². The van der Waals surface area contributed by atoms with Gasteiger partial charge < -0.3 is 19.9 Å². The van der Waals surface area contributed by atoms with Gasteiger partial charge in [-0.05, 0) is 19.1 Å². The number of rotatable bonds is 5. The zero-order valence-corrected chi connectivity index (χ0v) is 10.8. The maximum atomic E-state index is 11.8. The summed E-state index contributed by atoms with van der Waals surface area (Å²) < 4.78 is 5.42. The van der Waals surface area contributed by atoms with Crippen molar-refractivity contribution in [1.82, 2.24) is 10.3 Å². The van der Waals surface area contributed by atoms with Crippen LogP contribution in [0.5, 0.6) is 5.75 Å². The van der Waals surface area contributed by atoms with Crippen LogP contribution in [0.25, 0.3) is 11.1 Å². The fourth-order valence-corrected chi connectivity index (χ4v) is 1.77. The van der Waals surface area contributed by atoms with E-state index in [1.165, 1.54) is 12.1 Å². The Morgan fingerprint density at radius 2 is 2.30 bits per heavy atom. The number of fused-ring (bicyclic) bond motifs is 1. The van der Waals surface area contributed by atoms with E-state index in [1.54, 1.807) is 6.92 Å². The highest BCUT2D eigenvalue weighted by Gasteiger charge is 2.22. The summed E-state index contributed by atoms with van der Waals surface area (Å²) in [4.78, 5) is 26.8. The molecule has 1 aromatic carbocycles. The fraction of sp³-hybridized carbons (Fsp3) is 0.308. The number of aliphatic hydroxyl groups is 1. The van der Waals surface area contributed by atoms with Crippen molar-refractivity contribution in [3.8, 4) is 5.75 Å². The average molecular weight is 278 g/mol. The van der Waals surface area contributed by atoms with Crippen molar-refractivity contribution in [2.45, 2.75) is 12.8 Å². The topological polar surface area (TPSA) is 113 Å². The molecule has 2 rings (SSSR count). The Bertz CT molecular complexity index is 649. The Labute approximate surface area is 114 Å². The van der Waals surface area contributed by atoms with Crippen LogP contribution >= 0.6 is 0 Å². The number of oxazole rings is 1. The van der Waals surface area contributed by atoms with Gasteiger partial charge in [-0.25, -0.2) is 4.98 Å². The number of carbonyl (C=O) groups excluding carboxylic acids is 2. The van der Waals surface area contributed by atoms with Crippen molar-refractivity contribution >= 4 is 23.3 Å². The van der Waals surface area contributed by atoms with Gasteiger partial charge in [0.1, 0.15) is 17.2 Å². The summed E-state index contributed by atoms with van der Waals surface area (Å²) in [5.74, 6) is -1.06. The lowest BCUT2D eigenvalue weighted by atomic mass is 10.1. The number of carbonyl (C=O) groups is 2.